The maximum atomic E-state index is 12.1. The van der Waals surface area contributed by atoms with E-state index in [-0.39, 0.29) is 10.7 Å². The Morgan fingerprint density at radius 1 is 1.32 bits per heavy atom. The number of rotatable bonds is 3. The first-order chi connectivity index (χ1) is 11.9. The molecule has 3 aromatic rings. The van der Waals surface area contributed by atoms with Gasteiger partial charge in [-0.2, -0.15) is 0 Å². The van der Waals surface area contributed by atoms with Crippen molar-refractivity contribution in [3.63, 3.8) is 0 Å². The fraction of sp³-hybridized carbons (Fsp3) is 0.294. The molecule has 0 aliphatic carbocycles. The number of nitrogens with zero attached hydrogens (tertiary/aromatic N) is 2. The van der Waals surface area contributed by atoms with Crippen molar-refractivity contribution < 1.29 is 8.42 Å². The number of H-pyrrole nitrogens is 1. The van der Waals surface area contributed by atoms with E-state index < -0.39 is 9.84 Å². The van der Waals surface area contributed by atoms with E-state index in [2.05, 4.69) is 33.1 Å². The van der Waals surface area contributed by atoms with Gasteiger partial charge in [0.05, 0.1) is 5.69 Å². The zero-order valence-corrected chi connectivity index (χ0v) is 15.3. The summed E-state index contributed by atoms with van der Waals surface area (Å²) in [7, 11) is -3.54. The molecule has 0 spiro atoms. The van der Waals surface area contributed by atoms with Gasteiger partial charge in [-0.3, -0.25) is 14.7 Å². The molecule has 8 heteroatoms. The van der Waals surface area contributed by atoms with Crippen LogP contribution in [-0.4, -0.2) is 36.1 Å². The van der Waals surface area contributed by atoms with Crippen molar-refractivity contribution in [2.75, 3.05) is 12.8 Å². The molecular weight excluding hydrogens is 358 g/mol. The van der Waals surface area contributed by atoms with E-state index in [1.54, 1.807) is 11.3 Å². The van der Waals surface area contributed by atoms with Crippen LogP contribution in [0.25, 0.3) is 10.1 Å². The van der Waals surface area contributed by atoms with E-state index >= 15 is 0 Å². The first-order valence-electron chi connectivity index (χ1n) is 7.92. The first-order valence-corrected chi connectivity index (χ1v) is 10.6. The second kappa shape index (κ2) is 6.05. The zero-order chi connectivity index (χ0) is 17.6. The van der Waals surface area contributed by atoms with Crippen LogP contribution in [0.1, 0.15) is 16.1 Å². The van der Waals surface area contributed by atoms with E-state index in [4.69, 9.17) is 0 Å². The molecule has 3 heterocycles. The molecule has 0 unspecified atom stereocenters. The van der Waals surface area contributed by atoms with Crippen LogP contribution in [0.5, 0.6) is 0 Å². The molecule has 1 aromatic carbocycles. The van der Waals surface area contributed by atoms with Gasteiger partial charge in [0, 0.05) is 41.0 Å². The lowest BCUT2D eigenvalue weighted by Crippen LogP contribution is -2.35. The normalized spacial score (nSPS) is 15.4. The van der Waals surface area contributed by atoms with Crippen molar-refractivity contribution in [2.45, 2.75) is 24.7 Å². The largest absolute Gasteiger partial charge is 0.297 e. The number of aromatic amines is 1. The van der Waals surface area contributed by atoms with Gasteiger partial charge in [-0.25, -0.2) is 13.4 Å². The number of aromatic nitrogens is 2. The highest BCUT2D eigenvalue weighted by Gasteiger charge is 2.23. The summed E-state index contributed by atoms with van der Waals surface area (Å²) in [5.74, 6) is 0. The van der Waals surface area contributed by atoms with Crippen LogP contribution in [0.2, 0.25) is 0 Å². The molecule has 0 bridgehead atoms. The minimum absolute atomic E-state index is 0.250. The molecule has 0 amide bonds. The molecule has 25 heavy (non-hydrogen) atoms. The zero-order valence-electron chi connectivity index (χ0n) is 13.7. The summed E-state index contributed by atoms with van der Waals surface area (Å²) in [4.78, 5) is 22.2. The highest BCUT2D eigenvalue weighted by Crippen LogP contribution is 2.27. The molecular formula is C17H17N3O3S2. The Morgan fingerprint density at radius 3 is 2.88 bits per heavy atom. The number of hydrogen-bond donors (Lipinski definition) is 1. The predicted molar refractivity (Wildman–Crippen MR) is 97.6 cm³/mol. The van der Waals surface area contributed by atoms with Gasteiger partial charge in [-0.1, -0.05) is 18.2 Å². The van der Waals surface area contributed by atoms with Crippen molar-refractivity contribution in [2.24, 2.45) is 0 Å². The highest BCUT2D eigenvalue weighted by molar-refractivity contribution is 7.90. The molecule has 1 N–H and O–H groups in total. The lowest BCUT2D eigenvalue weighted by Gasteiger charge is -2.27. The Labute approximate surface area is 149 Å². The molecule has 130 valence electrons. The Morgan fingerprint density at radius 2 is 2.12 bits per heavy atom. The molecule has 0 atom stereocenters. The van der Waals surface area contributed by atoms with Gasteiger partial charge in [-0.05, 0) is 23.9 Å². The monoisotopic (exact) mass is 375 g/mol. The summed E-state index contributed by atoms with van der Waals surface area (Å²) >= 11 is 1.76. The van der Waals surface area contributed by atoms with Crippen molar-refractivity contribution >= 4 is 31.3 Å². The number of nitrogens with one attached hydrogen (secondary N) is 1. The molecule has 0 fully saturated rings. The SMILES string of the molecule is CS(=O)(=O)c1nc2c(c(=O)[nH]1)CCN(Cc1cc3ccccc3s1)C2. The molecule has 0 saturated heterocycles. The van der Waals surface area contributed by atoms with Gasteiger partial charge >= 0.3 is 0 Å². The van der Waals surface area contributed by atoms with Crippen LogP contribution in [0, 0.1) is 0 Å². The molecule has 1 aliphatic heterocycles. The summed E-state index contributed by atoms with van der Waals surface area (Å²) in [6.07, 6.45) is 1.63. The van der Waals surface area contributed by atoms with Gasteiger partial charge in [0.25, 0.3) is 5.56 Å². The smallest absolute Gasteiger partial charge is 0.255 e. The molecule has 0 radical (unpaired) electrons. The number of benzene rings is 1. The third-order valence-corrected chi connectivity index (χ3v) is 6.33. The quantitative estimate of drug-likeness (QED) is 0.708. The molecule has 2 aromatic heterocycles. The van der Waals surface area contributed by atoms with Crippen molar-refractivity contribution in [3.8, 4) is 0 Å². The van der Waals surface area contributed by atoms with Gasteiger partial charge < -0.3 is 0 Å². The molecule has 0 saturated carbocycles. The second-order valence-corrected chi connectivity index (χ2v) is 9.38. The molecule has 4 rings (SSSR count). The summed E-state index contributed by atoms with van der Waals surface area (Å²) in [6.45, 7) is 2.00. The van der Waals surface area contributed by atoms with E-state index in [0.29, 0.717) is 24.2 Å². The van der Waals surface area contributed by atoms with Crippen molar-refractivity contribution in [1.29, 1.82) is 0 Å². The third kappa shape index (κ3) is 3.24. The maximum absolute atomic E-state index is 12.1. The summed E-state index contributed by atoms with van der Waals surface area (Å²) in [5.41, 5.74) is 0.823. The van der Waals surface area contributed by atoms with Crippen LogP contribution in [0.4, 0.5) is 0 Å². The second-order valence-electron chi connectivity index (χ2n) is 6.28. The van der Waals surface area contributed by atoms with E-state index in [9.17, 15) is 13.2 Å². The van der Waals surface area contributed by atoms with Crippen molar-refractivity contribution in [3.05, 3.63) is 56.8 Å². The van der Waals surface area contributed by atoms with E-state index in [1.165, 1.54) is 15.0 Å². The number of fused-ring (bicyclic) bond motifs is 2. The number of thiophene rings is 1. The average Bonchev–Trinajstić information content (AvgIpc) is 2.95. The number of sulfone groups is 1. The van der Waals surface area contributed by atoms with Crippen molar-refractivity contribution in [1.82, 2.24) is 14.9 Å². The van der Waals surface area contributed by atoms with Gasteiger partial charge in [0.1, 0.15) is 0 Å². The van der Waals surface area contributed by atoms with E-state index in [0.717, 1.165) is 19.3 Å². The fourth-order valence-corrected chi connectivity index (χ4v) is 4.78. The Hall–Kier alpha value is -2.03. The number of hydrogen-bond acceptors (Lipinski definition) is 6. The Kier molecular flexibility index (Phi) is 3.98. The highest BCUT2D eigenvalue weighted by atomic mass is 32.2. The van der Waals surface area contributed by atoms with Gasteiger partial charge in [0.15, 0.2) is 0 Å². The van der Waals surface area contributed by atoms with Crippen LogP contribution in [-0.2, 0) is 29.3 Å². The third-order valence-electron chi connectivity index (χ3n) is 4.34. The van der Waals surface area contributed by atoms with Crippen LogP contribution >= 0.6 is 11.3 Å². The summed E-state index contributed by atoms with van der Waals surface area (Å²) in [6, 6.07) is 10.4. The maximum Gasteiger partial charge on any atom is 0.255 e. The molecule has 6 nitrogen and oxygen atoms in total. The Bertz CT molecular complexity index is 1080. The average molecular weight is 375 g/mol. The van der Waals surface area contributed by atoms with Crippen LogP contribution in [0.15, 0.2) is 40.3 Å². The Balaban J connectivity index is 1.61. The lowest BCUT2D eigenvalue weighted by atomic mass is 10.1. The van der Waals surface area contributed by atoms with E-state index in [1.807, 2.05) is 12.1 Å². The van der Waals surface area contributed by atoms with Crippen LogP contribution in [0.3, 0.4) is 0 Å². The standard InChI is InChI=1S/C17H17N3O3S2/c1-25(22,23)17-18-14-10-20(7-6-13(14)16(21)19-17)9-12-8-11-4-2-3-5-15(11)24-12/h2-5,8H,6-7,9-10H2,1H3,(H,18,19,21). The topological polar surface area (TPSA) is 83.1 Å². The first kappa shape index (κ1) is 16.4. The summed E-state index contributed by atoms with van der Waals surface area (Å²) in [5, 5.41) is 0.980. The van der Waals surface area contributed by atoms with Gasteiger partial charge in [-0.15, -0.1) is 11.3 Å². The summed E-state index contributed by atoms with van der Waals surface area (Å²) < 4.78 is 24.7. The minimum atomic E-state index is -3.54. The van der Waals surface area contributed by atoms with Crippen LogP contribution < -0.4 is 5.56 Å². The van der Waals surface area contributed by atoms with Gasteiger partial charge in [0.2, 0.25) is 15.0 Å². The fourth-order valence-electron chi connectivity index (χ4n) is 3.12. The molecule has 1 aliphatic rings. The minimum Gasteiger partial charge on any atom is -0.297 e. The predicted octanol–water partition coefficient (Wildman–Crippen LogP) is 1.95. The lowest BCUT2D eigenvalue weighted by molar-refractivity contribution is 0.241.